The number of methoxy groups -OCH3 is 1. The number of rotatable bonds is 8. The van der Waals surface area contributed by atoms with Gasteiger partial charge in [-0.3, -0.25) is 9.59 Å². The molecule has 0 saturated carbocycles. The topological polar surface area (TPSA) is 81.7 Å². The fourth-order valence-corrected chi connectivity index (χ4v) is 3.54. The number of anilines is 1. The van der Waals surface area contributed by atoms with Gasteiger partial charge in [0.05, 0.1) is 12.7 Å². The third kappa shape index (κ3) is 5.62. The second-order valence-corrected chi connectivity index (χ2v) is 7.80. The Balaban J connectivity index is 1.69. The normalized spacial score (nSPS) is 10.3. The Hall–Kier alpha value is -3.45. The number of esters is 1. The lowest BCUT2D eigenvalue weighted by atomic mass is 9.98. The van der Waals surface area contributed by atoms with Crippen LogP contribution in [0.5, 0.6) is 5.75 Å². The highest BCUT2D eigenvalue weighted by Crippen LogP contribution is 2.22. The molecule has 0 spiro atoms. The van der Waals surface area contributed by atoms with Crippen LogP contribution in [0.4, 0.5) is 5.69 Å². The first-order valence-corrected chi connectivity index (χ1v) is 10.8. The predicted molar refractivity (Wildman–Crippen MR) is 125 cm³/mol. The highest BCUT2D eigenvalue weighted by Gasteiger charge is 2.20. The molecule has 0 aromatic heterocycles. The summed E-state index contributed by atoms with van der Waals surface area (Å²) in [6, 6.07) is 18.5. The maximum Gasteiger partial charge on any atom is 0.339 e. The van der Waals surface area contributed by atoms with Crippen molar-refractivity contribution in [3.05, 3.63) is 93.5 Å². The summed E-state index contributed by atoms with van der Waals surface area (Å²) in [5.41, 5.74) is 2.32. The van der Waals surface area contributed by atoms with Crippen molar-refractivity contribution in [3.8, 4) is 5.75 Å². The molecule has 0 bridgehead atoms. The number of ketones is 1. The summed E-state index contributed by atoms with van der Waals surface area (Å²) in [4.78, 5) is 37.9. The molecule has 0 aliphatic rings. The van der Waals surface area contributed by atoms with E-state index in [1.165, 1.54) is 13.2 Å². The van der Waals surface area contributed by atoms with E-state index in [4.69, 9.17) is 9.47 Å². The van der Waals surface area contributed by atoms with Crippen LogP contribution in [0.1, 0.15) is 38.8 Å². The first-order valence-electron chi connectivity index (χ1n) is 9.96. The minimum atomic E-state index is -0.746. The lowest BCUT2D eigenvalue weighted by Gasteiger charge is -2.12. The monoisotopic (exact) mass is 495 g/mol. The van der Waals surface area contributed by atoms with Gasteiger partial charge in [-0.05, 0) is 60.5 Å². The lowest BCUT2D eigenvalue weighted by molar-refractivity contribution is -0.119. The number of amides is 1. The predicted octanol–water partition coefficient (Wildman–Crippen LogP) is 5.05. The Morgan fingerprint density at radius 3 is 2.28 bits per heavy atom. The molecular weight excluding hydrogens is 474 g/mol. The zero-order chi connectivity index (χ0) is 23.1. The third-order valence-electron chi connectivity index (χ3n) is 4.80. The van der Waals surface area contributed by atoms with E-state index in [-0.39, 0.29) is 16.9 Å². The molecule has 1 N–H and O–H groups in total. The first-order chi connectivity index (χ1) is 15.4. The molecule has 3 aromatic carbocycles. The van der Waals surface area contributed by atoms with Gasteiger partial charge >= 0.3 is 5.97 Å². The molecule has 0 unspecified atom stereocenters. The number of halogens is 1. The van der Waals surface area contributed by atoms with Gasteiger partial charge in [-0.1, -0.05) is 41.1 Å². The van der Waals surface area contributed by atoms with Crippen molar-refractivity contribution >= 4 is 39.3 Å². The number of carbonyl (C=O) groups excluding carboxylic acids is 3. The number of nitrogens with one attached hydrogen (secondary N) is 1. The van der Waals surface area contributed by atoms with Gasteiger partial charge in [0.25, 0.3) is 5.91 Å². The van der Waals surface area contributed by atoms with Gasteiger partial charge in [-0.15, -0.1) is 0 Å². The number of benzene rings is 3. The van der Waals surface area contributed by atoms with Gasteiger partial charge < -0.3 is 14.8 Å². The average molecular weight is 496 g/mol. The van der Waals surface area contributed by atoms with Crippen molar-refractivity contribution < 1.29 is 23.9 Å². The van der Waals surface area contributed by atoms with Gasteiger partial charge in [0.2, 0.25) is 0 Å². The highest BCUT2D eigenvalue weighted by atomic mass is 79.9. The van der Waals surface area contributed by atoms with Crippen molar-refractivity contribution in [1.29, 1.82) is 0 Å². The standard InChI is InChI=1S/C25H22BrNO5/c1-3-16-14-18(26)10-13-22(16)27-23(28)15-32-25(30)21-7-5-4-6-20(21)24(29)17-8-11-19(31-2)12-9-17/h4-14H,3,15H2,1-2H3,(H,27,28). The van der Waals surface area contributed by atoms with Crippen LogP contribution < -0.4 is 10.1 Å². The molecule has 0 fully saturated rings. The van der Waals surface area contributed by atoms with E-state index in [9.17, 15) is 14.4 Å². The minimum absolute atomic E-state index is 0.0963. The van der Waals surface area contributed by atoms with E-state index >= 15 is 0 Å². The molecule has 32 heavy (non-hydrogen) atoms. The minimum Gasteiger partial charge on any atom is -0.497 e. The van der Waals surface area contributed by atoms with Crippen molar-refractivity contribution in [2.45, 2.75) is 13.3 Å². The zero-order valence-corrected chi connectivity index (χ0v) is 19.3. The summed E-state index contributed by atoms with van der Waals surface area (Å²) in [5.74, 6) is -0.914. The number of hydrogen-bond acceptors (Lipinski definition) is 5. The Morgan fingerprint density at radius 2 is 1.62 bits per heavy atom. The van der Waals surface area contributed by atoms with Crippen LogP contribution in [0.2, 0.25) is 0 Å². The van der Waals surface area contributed by atoms with E-state index in [2.05, 4.69) is 21.2 Å². The van der Waals surface area contributed by atoms with Crippen molar-refractivity contribution in [3.63, 3.8) is 0 Å². The average Bonchev–Trinajstić information content (AvgIpc) is 2.83. The van der Waals surface area contributed by atoms with Gasteiger partial charge in [0.1, 0.15) is 5.75 Å². The molecule has 3 rings (SSSR count). The maximum absolute atomic E-state index is 12.9. The van der Waals surface area contributed by atoms with E-state index < -0.39 is 18.5 Å². The van der Waals surface area contributed by atoms with Gasteiger partial charge in [0.15, 0.2) is 12.4 Å². The molecule has 0 radical (unpaired) electrons. The second-order valence-electron chi connectivity index (χ2n) is 6.88. The molecule has 0 saturated heterocycles. The second kappa shape index (κ2) is 10.7. The summed E-state index contributed by atoms with van der Waals surface area (Å²) < 4.78 is 11.2. The van der Waals surface area contributed by atoms with E-state index in [1.807, 2.05) is 19.1 Å². The third-order valence-corrected chi connectivity index (χ3v) is 5.29. The molecule has 0 heterocycles. The van der Waals surface area contributed by atoms with E-state index in [0.717, 1.165) is 16.5 Å². The molecule has 0 atom stereocenters. The molecule has 164 valence electrons. The molecule has 0 aliphatic heterocycles. The van der Waals surface area contributed by atoms with Crippen LogP contribution in [0.3, 0.4) is 0 Å². The smallest absolute Gasteiger partial charge is 0.339 e. The van der Waals surface area contributed by atoms with Crippen molar-refractivity contribution in [2.75, 3.05) is 19.0 Å². The number of ether oxygens (including phenoxy) is 2. The molecule has 3 aromatic rings. The first kappa shape index (κ1) is 23.2. The molecule has 6 nitrogen and oxygen atoms in total. The largest absolute Gasteiger partial charge is 0.497 e. The molecular formula is C25H22BrNO5. The summed E-state index contributed by atoms with van der Waals surface area (Å²) in [7, 11) is 1.54. The lowest BCUT2D eigenvalue weighted by Crippen LogP contribution is -2.22. The summed E-state index contributed by atoms with van der Waals surface area (Å²) in [6.45, 7) is 1.51. The Morgan fingerprint density at radius 1 is 0.938 bits per heavy atom. The fraction of sp³-hybridized carbons (Fsp3) is 0.160. The molecule has 0 aliphatic carbocycles. The Bertz CT molecular complexity index is 1140. The Kier molecular flexibility index (Phi) is 7.78. The summed E-state index contributed by atoms with van der Waals surface area (Å²) >= 11 is 3.41. The van der Waals surface area contributed by atoms with Gasteiger partial charge in [-0.2, -0.15) is 0 Å². The number of aryl methyl sites for hydroxylation is 1. The number of hydrogen-bond donors (Lipinski definition) is 1. The fourth-order valence-electron chi connectivity index (χ4n) is 3.13. The Labute approximate surface area is 194 Å². The van der Waals surface area contributed by atoms with E-state index in [0.29, 0.717) is 17.0 Å². The molecule has 1 amide bonds. The van der Waals surface area contributed by atoms with Crippen LogP contribution >= 0.6 is 15.9 Å². The van der Waals surface area contributed by atoms with Crippen molar-refractivity contribution in [1.82, 2.24) is 0 Å². The van der Waals surface area contributed by atoms with Gasteiger partial charge in [-0.25, -0.2) is 4.79 Å². The van der Waals surface area contributed by atoms with Gasteiger partial charge in [0, 0.05) is 21.3 Å². The number of carbonyl (C=O) groups is 3. The van der Waals surface area contributed by atoms with Crippen LogP contribution in [-0.4, -0.2) is 31.4 Å². The SMILES string of the molecule is CCc1cc(Br)ccc1NC(=O)COC(=O)c1ccccc1C(=O)c1ccc(OC)cc1. The van der Waals surface area contributed by atoms with Crippen LogP contribution in [0.25, 0.3) is 0 Å². The zero-order valence-electron chi connectivity index (χ0n) is 17.7. The summed E-state index contributed by atoms with van der Waals surface area (Å²) in [6.07, 6.45) is 0.732. The maximum atomic E-state index is 12.9. The van der Waals surface area contributed by atoms with Crippen LogP contribution in [-0.2, 0) is 16.0 Å². The molecule has 7 heteroatoms. The van der Waals surface area contributed by atoms with Crippen LogP contribution in [0, 0.1) is 0 Å². The van der Waals surface area contributed by atoms with Crippen molar-refractivity contribution in [2.24, 2.45) is 0 Å². The highest BCUT2D eigenvalue weighted by molar-refractivity contribution is 9.10. The van der Waals surface area contributed by atoms with E-state index in [1.54, 1.807) is 48.5 Å². The summed E-state index contributed by atoms with van der Waals surface area (Å²) in [5, 5.41) is 2.75. The van der Waals surface area contributed by atoms with Crippen LogP contribution in [0.15, 0.2) is 71.2 Å². The quantitative estimate of drug-likeness (QED) is 0.349.